The zero-order valence-corrected chi connectivity index (χ0v) is 9.72. The van der Waals surface area contributed by atoms with E-state index in [1.807, 2.05) is 48.8 Å². The molecule has 84 valence electrons. The van der Waals surface area contributed by atoms with Crippen molar-refractivity contribution in [2.75, 3.05) is 0 Å². The third-order valence-electron chi connectivity index (χ3n) is 3.48. The molecule has 0 atom stereocenters. The summed E-state index contributed by atoms with van der Waals surface area (Å²) in [5.41, 5.74) is 0. The highest BCUT2D eigenvalue weighted by molar-refractivity contribution is 6.24. The number of aromatic nitrogens is 1. The third-order valence-corrected chi connectivity index (χ3v) is 3.48. The van der Waals surface area contributed by atoms with Crippen LogP contribution in [-0.4, -0.2) is 4.98 Å². The summed E-state index contributed by atoms with van der Waals surface area (Å²) in [5.74, 6) is 0. The number of hydrogen-bond donors (Lipinski definition) is 0. The molecule has 4 rings (SSSR count). The molecule has 0 radical (unpaired) electrons. The van der Waals surface area contributed by atoms with E-state index in [1.54, 1.807) is 0 Å². The summed E-state index contributed by atoms with van der Waals surface area (Å²) < 4.78 is 7.85. The van der Waals surface area contributed by atoms with Crippen LogP contribution < -0.4 is 0 Å². The molecule has 3 aromatic carbocycles. The normalized spacial score (nSPS) is 12.1. The van der Waals surface area contributed by atoms with E-state index in [4.69, 9.17) is 1.37 Å². The van der Waals surface area contributed by atoms with Crippen molar-refractivity contribution in [2.24, 2.45) is 0 Å². The van der Waals surface area contributed by atoms with Crippen molar-refractivity contribution in [1.29, 1.82) is 0 Å². The van der Waals surface area contributed by atoms with Crippen LogP contribution in [0.4, 0.5) is 0 Å². The molecule has 1 aromatic heterocycles. The number of nitrogens with zero attached hydrogens (tertiary/aromatic N) is 1. The minimum atomic E-state index is 0.547. The second-order valence-corrected chi connectivity index (χ2v) is 4.44. The first kappa shape index (κ1) is 8.65. The molecule has 0 saturated carbocycles. The minimum absolute atomic E-state index is 0.547. The highest BCUT2D eigenvalue weighted by Crippen LogP contribution is 2.33. The van der Waals surface area contributed by atoms with E-state index in [2.05, 4.69) is 17.1 Å². The van der Waals surface area contributed by atoms with Gasteiger partial charge >= 0.3 is 0 Å². The Hall–Kier alpha value is -2.41. The smallest absolute Gasteiger partial charge is 0.0623 e. The fourth-order valence-electron chi connectivity index (χ4n) is 2.68. The lowest BCUT2D eigenvalue weighted by molar-refractivity contribution is 1.37. The van der Waals surface area contributed by atoms with Gasteiger partial charge in [0.2, 0.25) is 0 Å². The summed E-state index contributed by atoms with van der Waals surface area (Å²) in [4.78, 5) is 4.25. The van der Waals surface area contributed by atoms with E-state index in [0.29, 0.717) is 6.04 Å². The predicted octanol–water partition coefficient (Wildman–Crippen LogP) is 4.54. The number of benzene rings is 3. The third kappa shape index (κ3) is 1.19. The average Bonchev–Trinajstić information content (AvgIpc) is 2.47. The Bertz CT molecular complexity index is 893. The number of rotatable bonds is 0. The highest BCUT2D eigenvalue weighted by atomic mass is 14.6. The van der Waals surface area contributed by atoms with E-state index in [0.717, 1.165) is 5.39 Å². The molecule has 0 N–H and O–H groups in total. The lowest BCUT2D eigenvalue weighted by Gasteiger charge is -2.09. The maximum atomic E-state index is 7.85. The molecule has 0 aliphatic rings. The largest absolute Gasteiger partial charge is 0.264 e. The summed E-state index contributed by atoms with van der Waals surface area (Å²) in [7, 11) is 0. The zero-order valence-electron chi connectivity index (χ0n) is 10.7. The summed E-state index contributed by atoms with van der Waals surface area (Å²) in [6.07, 6.45) is 3.75. The lowest BCUT2D eigenvalue weighted by atomic mass is 9.96. The fourth-order valence-corrected chi connectivity index (χ4v) is 2.68. The van der Waals surface area contributed by atoms with Gasteiger partial charge in [0.1, 0.15) is 0 Å². The molecule has 0 unspecified atom stereocenters. The van der Waals surface area contributed by atoms with Gasteiger partial charge in [0.25, 0.3) is 0 Å². The van der Waals surface area contributed by atoms with Crippen molar-refractivity contribution in [3.05, 3.63) is 67.0 Å². The maximum absolute atomic E-state index is 7.85. The van der Waals surface area contributed by atoms with Gasteiger partial charge in [0.05, 0.1) is 1.37 Å². The van der Waals surface area contributed by atoms with Gasteiger partial charge in [-0.3, -0.25) is 4.98 Å². The van der Waals surface area contributed by atoms with Gasteiger partial charge in [0, 0.05) is 17.8 Å². The first-order valence-corrected chi connectivity index (χ1v) is 5.99. The molecule has 1 heterocycles. The van der Waals surface area contributed by atoms with Crippen LogP contribution >= 0.6 is 0 Å². The number of pyridine rings is 1. The number of fused-ring (bicyclic) bond motifs is 6. The number of hydrogen-bond acceptors (Lipinski definition) is 1. The van der Waals surface area contributed by atoms with Gasteiger partial charge in [-0.25, -0.2) is 0 Å². The Morgan fingerprint density at radius 2 is 1.28 bits per heavy atom. The monoisotopic (exact) mass is 230 g/mol. The summed E-state index contributed by atoms with van der Waals surface area (Å²) in [5, 5.41) is 7.08. The van der Waals surface area contributed by atoms with Crippen LogP contribution in [0.2, 0.25) is 0 Å². The predicted molar refractivity (Wildman–Crippen MR) is 76.8 cm³/mol. The van der Waals surface area contributed by atoms with Crippen LogP contribution in [0.25, 0.3) is 32.3 Å². The average molecular weight is 230 g/mol. The molecule has 0 spiro atoms. The molecule has 0 amide bonds. The van der Waals surface area contributed by atoms with Crippen LogP contribution in [0.5, 0.6) is 0 Å². The highest BCUT2D eigenvalue weighted by Gasteiger charge is 2.06. The van der Waals surface area contributed by atoms with Gasteiger partial charge in [-0.05, 0) is 33.0 Å². The van der Waals surface area contributed by atoms with Crippen molar-refractivity contribution in [2.45, 2.75) is 0 Å². The fraction of sp³-hybridized carbons (Fsp3) is 0. The molecular weight excluding hydrogens is 218 g/mol. The second kappa shape index (κ2) is 3.54. The van der Waals surface area contributed by atoms with Crippen LogP contribution in [0, 0.1) is 0 Å². The van der Waals surface area contributed by atoms with Gasteiger partial charge in [-0.15, -0.1) is 0 Å². The maximum Gasteiger partial charge on any atom is 0.0623 e. The molecule has 0 saturated heterocycles. The Balaban J connectivity index is 2.43. The van der Waals surface area contributed by atoms with E-state index >= 15 is 0 Å². The topological polar surface area (TPSA) is 12.9 Å². The molecule has 0 fully saturated rings. The van der Waals surface area contributed by atoms with Gasteiger partial charge < -0.3 is 0 Å². The van der Waals surface area contributed by atoms with Gasteiger partial charge in [-0.2, -0.15) is 0 Å². The molecule has 18 heavy (non-hydrogen) atoms. The molecule has 1 nitrogen and oxygen atoms in total. The second-order valence-electron chi connectivity index (χ2n) is 4.44. The quantitative estimate of drug-likeness (QED) is 0.404. The zero-order chi connectivity index (χ0) is 12.8. The first-order chi connectivity index (χ1) is 9.34. The van der Waals surface area contributed by atoms with E-state index in [1.165, 1.54) is 26.9 Å². The van der Waals surface area contributed by atoms with E-state index in [-0.39, 0.29) is 0 Å². The standard InChI is InChI=1S/C17H11N/c1-2-7-14-12(5-1)13-6-3-4-8-15(13)17-11-18-10-9-16(14)17/h1-11H/i1D. The van der Waals surface area contributed by atoms with Crippen molar-refractivity contribution >= 4 is 32.3 Å². The molecular formula is C17H11N. The Morgan fingerprint density at radius 1 is 0.667 bits per heavy atom. The van der Waals surface area contributed by atoms with Crippen molar-refractivity contribution in [3.8, 4) is 0 Å². The SMILES string of the molecule is [2H]c1ccc2c3ccncc3c3ccccc3c2c1. The van der Waals surface area contributed by atoms with Crippen molar-refractivity contribution < 1.29 is 1.37 Å². The van der Waals surface area contributed by atoms with E-state index < -0.39 is 0 Å². The summed E-state index contributed by atoms with van der Waals surface area (Å²) in [6, 6.07) is 16.7. The van der Waals surface area contributed by atoms with Crippen LogP contribution in [0.1, 0.15) is 1.37 Å². The molecule has 0 bridgehead atoms. The lowest BCUT2D eigenvalue weighted by Crippen LogP contribution is -1.83. The minimum Gasteiger partial charge on any atom is -0.264 e. The Labute approximate surface area is 106 Å². The molecule has 0 aliphatic heterocycles. The van der Waals surface area contributed by atoms with Crippen LogP contribution in [0.3, 0.4) is 0 Å². The van der Waals surface area contributed by atoms with Gasteiger partial charge in [-0.1, -0.05) is 48.5 Å². The van der Waals surface area contributed by atoms with Gasteiger partial charge in [0.15, 0.2) is 0 Å². The first-order valence-electron chi connectivity index (χ1n) is 6.49. The summed E-state index contributed by atoms with van der Waals surface area (Å²) in [6.45, 7) is 0. The molecule has 1 heteroatoms. The van der Waals surface area contributed by atoms with E-state index in [9.17, 15) is 0 Å². The summed E-state index contributed by atoms with van der Waals surface area (Å²) >= 11 is 0. The van der Waals surface area contributed by atoms with Crippen LogP contribution in [-0.2, 0) is 0 Å². The molecule has 4 aromatic rings. The Kier molecular flexibility index (Phi) is 1.70. The van der Waals surface area contributed by atoms with Crippen molar-refractivity contribution in [1.82, 2.24) is 4.98 Å². The molecule has 0 aliphatic carbocycles. The van der Waals surface area contributed by atoms with Crippen molar-refractivity contribution in [3.63, 3.8) is 0 Å². The van der Waals surface area contributed by atoms with Crippen LogP contribution in [0.15, 0.2) is 67.0 Å². The Morgan fingerprint density at radius 3 is 2.11 bits per heavy atom.